The number of alkyl halides is 3. The lowest BCUT2D eigenvalue weighted by atomic mass is 10.1. The van der Waals surface area contributed by atoms with Gasteiger partial charge in [0.2, 0.25) is 0 Å². The summed E-state index contributed by atoms with van der Waals surface area (Å²) >= 11 is 0. The lowest BCUT2D eigenvalue weighted by molar-refractivity contribution is -0.138. The number of benzene rings is 1. The molecule has 0 aliphatic carbocycles. The van der Waals surface area contributed by atoms with Crippen LogP contribution in [-0.2, 0) is 12.6 Å². The number of aromatic nitrogens is 1. The number of rotatable bonds is 3. The average Bonchev–Trinajstić information content (AvgIpc) is 2.87. The zero-order chi connectivity index (χ0) is 16.5. The Kier molecular flexibility index (Phi) is 4.09. The van der Waals surface area contributed by atoms with Crippen molar-refractivity contribution in [3.8, 4) is 11.8 Å². The van der Waals surface area contributed by atoms with Gasteiger partial charge in [0.15, 0.2) is 5.78 Å². The van der Waals surface area contributed by atoms with Crippen LogP contribution in [0.1, 0.15) is 41.2 Å². The second-order valence-corrected chi connectivity index (χ2v) is 4.79. The summed E-state index contributed by atoms with van der Waals surface area (Å²) in [6, 6.07) is 8.98. The molecule has 0 bridgehead atoms. The summed E-state index contributed by atoms with van der Waals surface area (Å²) in [6.45, 7) is 2.82. The molecule has 22 heavy (non-hydrogen) atoms. The van der Waals surface area contributed by atoms with Crippen LogP contribution in [0.25, 0.3) is 5.69 Å². The van der Waals surface area contributed by atoms with Gasteiger partial charge in [-0.15, -0.1) is 0 Å². The quantitative estimate of drug-likeness (QED) is 0.800. The van der Waals surface area contributed by atoms with Gasteiger partial charge in [0.25, 0.3) is 0 Å². The second kappa shape index (κ2) is 5.68. The van der Waals surface area contributed by atoms with Crippen LogP contribution in [0.2, 0.25) is 0 Å². The van der Waals surface area contributed by atoms with Crippen LogP contribution in [-0.4, -0.2) is 10.4 Å². The minimum Gasteiger partial charge on any atom is -0.310 e. The molecule has 0 aliphatic heterocycles. The molecule has 0 spiro atoms. The number of halogens is 3. The summed E-state index contributed by atoms with van der Waals surface area (Å²) in [5, 5.41) is 8.94. The van der Waals surface area contributed by atoms with Crippen molar-refractivity contribution in [3.05, 3.63) is 52.8 Å². The maximum absolute atomic E-state index is 13.2. The molecule has 1 aromatic carbocycles. The normalized spacial score (nSPS) is 11.3. The summed E-state index contributed by atoms with van der Waals surface area (Å²) in [6.07, 6.45) is -4.42. The molecule has 3 nitrogen and oxygen atoms in total. The van der Waals surface area contributed by atoms with Gasteiger partial charge in [-0.2, -0.15) is 18.4 Å². The summed E-state index contributed by atoms with van der Waals surface area (Å²) in [5.41, 5.74) is -0.164. The van der Waals surface area contributed by atoms with Crippen LogP contribution in [0.3, 0.4) is 0 Å². The topological polar surface area (TPSA) is 45.8 Å². The van der Waals surface area contributed by atoms with Crippen LogP contribution in [0, 0.1) is 11.3 Å². The first-order valence-electron chi connectivity index (χ1n) is 6.62. The summed E-state index contributed by atoms with van der Waals surface area (Å²) in [4.78, 5) is 11.7. The smallest absolute Gasteiger partial charge is 0.310 e. The van der Waals surface area contributed by atoms with E-state index in [0.29, 0.717) is 11.3 Å². The molecule has 1 heterocycles. The van der Waals surface area contributed by atoms with Gasteiger partial charge >= 0.3 is 6.18 Å². The predicted molar refractivity (Wildman–Crippen MR) is 74.9 cm³/mol. The van der Waals surface area contributed by atoms with E-state index in [0.717, 1.165) is 6.07 Å². The van der Waals surface area contributed by atoms with Crippen molar-refractivity contribution in [2.24, 2.45) is 0 Å². The lowest BCUT2D eigenvalue weighted by Gasteiger charge is -2.13. The Morgan fingerprint density at radius 1 is 1.32 bits per heavy atom. The molecule has 0 saturated carbocycles. The van der Waals surface area contributed by atoms with E-state index in [1.807, 2.05) is 6.07 Å². The Morgan fingerprint density at radius 3 is 2.50 bits per heavy atom. The second-order valence-electron chi connectivity index (χ2n) is 4.79. The van der Waals surface area contributed by atoms with Crippen molar-refractivity contribution >= 4 is 5.78 Å². The van der Waals surface area contributed by atoms with Crippen LogP contribution >= 0.6 is 0 Å². The highest BCUT2D eigenvalue weighted by atomic mass is 19.4. The first-order chi connectivity index (χ1) is 10.3. The van der Waals surface area contributed by atoms with E-state index in [1.165, 1.54) is 17.6 Å². The van der Waals surface area contributed by atoms with E-state index in [9.17, 15) is 18.0 Å². The standard InChI is InChI=1S/C16H13F3N2O/c1-3-14-13(16(17,18)19)8-15(10(2)22)21(14)12-6-4-5-11(7-12)9-20/h4-8H,3H2,1-2H3. The van der Waals surface area contributed by atoms with E-state index in [1.54, 1.807) is 25.1 Å². The highest BCUT2D eigenvalue weighted by Gasteiger charge is 2.37. The average molecular weight is 306 g/mol. The maximum Gasteiger partial charge on any atom is 0.418 e. The van der Waals surface area contributed by atoms with Gasteiger partial charge in [0.1, 0.15) is 0 Å². The maximum atomic E-state index is 13.2. The van der Waals surface area contributed by atoms with Gasteiger partial charge in [-0.3, -0.25) is 4.79 Å². The molecule has 1 aromatic heterocycles. The van der Waals surface area contributed by atoms with Gasteiger partial charge in [-0.1, -0.05) is 13.0 Å². The van der Waals surface area contributed by atoms with E-state index in [-0.39, 0.29) is 17.8 Å². The Morgan fingerprint density at radius 2 is 2.00 bits per heavy atom. The number of hydrogen-bond donors (Lipinski definition) is 0. The third-order valence-electron chi connectivity index (χ3n) is 3.34. The molecule has 6 heteroatoms. The number of Topliss-reactive ketones (excluding diaryl/α,β-unsaturated/α-hetero) is 1. The number of nitrogens with zero attached hydrogens (tertiary/aromatic N) is 2. The van der Waals surface area contributed by atoms with Crippen molar-refractivity contribution < 1.29 is 18.0 Å². The van der Waals surface area contributed by atoms with E-state index in [4.69, 9.17) is 5.26 Å². The first-order valence-corrected chi connectivity index (χ1v) is 6.62. The van der Waals surface area contributed by atoms with E-state index in [2.05, 4.69) is 0 Å². The number of ketones is 1. The molecule has 0 aliphatic rings. The van der Waals surface area contributed by atoms with Gasteiger partial charge in [0, 0.05) is 18.3 Å². The summed E-state index contributed by atoms with van der Waals surface area (Å²) in [5.74, 6) is -0.465. The van der Waals surface area contributed by atoms with Crippen molar-refractivity contribution in [3.63, 3.8) is 0 Å². The Balaban J connectivity index is 2.81. The summed E-state index contributed by atoms with van der Waals surface area (Å²) in [7, 11) is 0. The highest BCUT2D eigenvalue weighted by molar-refractivity contribution is 5.94. The molecule has 0 saturated heterocycles. The molecule has 0 fully saturated rings. The Bertz CT molecular complexity index is 767. The van der Waals surface area contributed by atoms with Crippen molar-refractivity contribution in [2.45, 2.75) is 26.4 Å². The van der Waals surface area contributed by atoms with Crippen molar-refractivity contribution in [1.29, 1.82) is 5.26 Å². The van der Waals surface area contributed by atoms with E-state index >= 15 is 0 Å². The largest absolute Gasteiger partial charge is 0.418 e. The summed E-state index contributed by atoms with van der Waals surface area (Å²) < 4.78 is 40.8. The van der Waals surface area contributed by atoms with Gasteiger partial charge in [0.05, 0.1) is 22.9 Å². The molecule has 0 N–H and O–H groups in total. The number of carbonyl (C=O) groups excluding carboxylic acids is 1. The van der Waals surface area contributed by atoms with Gasteiger partial charge in [-0.25, -0.2) is 0 Å². The minimum atomic E-state index is -4.53. The fourth-order valence-electron chi connectivity index (χ4n) is 2.41. The fraction of sp³-hybridized carbons (Fsp3) is 0.250. The molecule has 2 aromatic rings. The SMILES string of the molecule is CCc1c(C(F)(F)F)cc(C(C)=O)n1-c1cccc(C#N)c1. The zero-order valence-corrected chi connectivity index (χ0v) is 12.0. The van der Waals surface area contributed by atoms with E-state index < -0.39 is 17.5 Å². The molecule has 2 rings (SSSR count). The third kappa shape index (κ3) is 2.75. The zero-order valence-electron chi connectivity index (χ0n) is 12.0. The lowest BCUT2D eigenvalue weighted by Crippen LogP contribution is -2.11. The third-order valence-corrected chi connectivity index (χ3v) is 3.34. The predicted octanol–water partition coefficient (Wildman–Crippen LogP) is 4.13. The molecule has 0 unspecified atom stereocenters. The van der Waals surface area contributed by atoms with Gasteiger partial charge in [-0.05, 0) is 30.7 Å². The van der Waals surface area contributed by atoms with Crippen molar-refractivity contribution in [2.75, 3.05) is 0 Å². The fourth-order valence-corrected chi connectivity index (χ4v) is 2.41. The number of nitriles is 1. The molecule has 0 radical (unpaired) electrons. The van der Waals surface area contributed by atoms with Crippen molar-refractivity contribution in [1.82, 2.24) is 4.57 Å². The Hall–Kier alpha value is -2.55. The molecule has 114 valence electrons. The van der Waals surface area contributed by atoms with Crippen LogP contribution in [0.5, 0.6) is 0 Å². The monoisotopic (exact) mass is 306 g/mol. The minimum absolute atomic E-state index is 0.00721. The molecule has 0 amide bonds. The molecular weight excluding hydrogens is 293 g/mol. The molecule has 0 atom stereocenters. The molecular formula is C16H13F3N2O. The van der Waals surface area contributed by atoms with Crippen LogP contribution < -0.4 is 0 Å². The highest BCUT2D eigenvalue weighted by Crippen LogP contribution is 2.36. The number of hydrogen-bond acceptors (Lipinski definition) is 2. The van der Waals surface area contributed by atoms with Crippen LogP contribution in [0.15, 0.2) is 30.3 Å². The van der Waals surface area contributed by atoms with Crippen LogP contribution in [0.4, 0.5) is 13.2 Å². The van der Waals surface area contributed by atoms with Gasteiger partial charge < -0.3 is 4.57 Å². The first kappa shape index (κ1) is 15.8. The Labute approximate surface area is 125 Å². The number of carbonyl (C=O) groups is 1.